The van der Waals surface area contributed by atoms with E-state index in [9.17, 15) is 4.79 Å². The van der Waals surface area contributed by atoms with Crippen LogP contribution < -0.4 is 15.5 Å². The second kappa shape index (κ2) is 9.95. The van der Waals surface area contributed by atoms with Crippen molar-refractivity contribution in [1.29, 1.82) is 0 Å². The smallest absolute Gasteiger partial charge is 0.253 e. The van der Waals surface area contributed by atoms with Gasteiger partial charge in [0.05, 0.1) is 5.00 Å². The van der Waals surface area contributed by atoms with Gasteiger partial charge in [-0.3, -0.25) is 9.79 Å². The number of amides is 1. The number of carbonyl (C=O) groups excluding carboxylic acids is 1. The average molecular weight is 428 g/mol. The molecule has 30 heavy (non-hydrogen) atoms. The van der Waals surface area contributed by atoms with Crippen LogP contribution in [0.4, 0.5) is 10.7 Å². The predicted molar refractivity (Wildman–Crippen MR) is 122 cm³/mol. The Bertz CT molecular complexity index is 856. The summed E-state index contributed by atoms with van der Waals surface area (Å²) < 4.78 is 5.46. The molecule has 1 aromatic heterocycles. The van der Waals surface area contributed by atoms with Gasteiger partial charge in [0, 0.05) is 52.1 Å². The van der Waals surface area contributed by atoms with Crippen LogP contribution in [0.25, 0.3) is 0 Å². The molecule has 2 saturated heterocycles. The van der Waals surface area contributed by atoms with Gasteiger partial charge in [0.15, 0.2) is 5.96 Å². The average Bonchev–Trinajstić information content (AvgIpc) is 3.49. The number of hydrogen-bond donors (Lipinski definition) is 2. The first kappa shape index (κ1) is 20.7. The van der Waals surface area contributed by atoms with E-state index in [2.05, 4.69) is 49.0 Å². The molecule has 0 radical (unpaired) electrons. The maximum atomic E-state index is 12.3. The Balaban J connectivity index is 1.28. The summed E-state index contributed by atoms with van der Waals surface area (Å²) >= 11 is 1.79. The van der Waals surface area contributed by atoms with E-state index in [0.29, 0.717) is 13.2 Å². The summed E-state index contributed by atoms with van der Waals surface area (Å²) in [7, 11) is 1.83. The van der Waals surface area contributed by atoms with E-state index in [1.165, 1.54) is 5.00 Å². The third kappa shape index (κ3) is 5.12. The zero-order valence-corrected chi connectivity index (χ0v) is 18.2. The molecule has 1 amide bonds. The summed E-state index contributed by atoms with van der Waals surface area (Å²) in [5.41, 5.74) is 1.90. The molecule has 0 bridgehead atoms. The van der Waals surface area contributed by atoms with Crippen molar-refractivity contribution in [3.8, 4) is 0 Å². The summed E-state index contributed by atoms with van der Waals surface area (Å²) in [4.78, 5) is 21.5. The number of aliphatic imine (C=N–C) groups is 1. The number of ether oxygens (including phenoxy) is 1. The lowest BCUT2D eigenvalue weighted by molar-refractivity contribution is -0.124. The van der Waals surface area contributed by atoms with Gasteiger partial charge in [0.2, 0.25) is 0 Å². The topological polar surface area (TPSA) is 69.2 Å². The van der Waals surface area contributed by atoms with Crippen molar-refractivity contribution in [2.45, 2.75) is 25.5 Å². The molecule has 2 N–H and O–H groups in total. The number of hydrogen-bond acceptors (Lipinski definition) is 5. The van der Waals surface area contributed by atoms with Crippen molar-refractivity contribution in [3.05, 3.63) is 47.3 Å². The normalized spacial score (nSPS) is 19.8. The molecule has 8 heteroatoms. The fourth-order valence-electron chi connectivity index (χ4n) is 3.87. The first-order valence-corrected chi connectivity index (χ1v) is 11.4. The molecule has 1 atom stereocenters. The highest BCUT2D eigenvalue weighted by molar-refractivity contribution is 7.14. The van der Waals surface area contributed by atoms with E-state index in [1.807, 2.05) is 25.2 Å². The number of guanidine groups is 1. The van der Waals surface area contributed by atoms with Crippen molar-refractivity contribution in [3.63, 3.8) is 0 Å². The third-order valence-electron chi connectivity index (χ3n) is 5.48. The summed E-state index contributed by atoms with van der Waals surface area (Å²) in [5.74, 6) is 0.853. The lowest BCUT2D eigenvalue weighted by Gasteiger charge is -2.37. The SMILES string of the molecule is CN=C(NCc1cccc(NC(=O)C2CCCO2)c1)N1CCN(c2cccs2)CC1. The molecule has 1 aromatic carbocycles. The number of benzene rings is 1. The van der Waals surface area contributed by atoms with Crippen LogP contribution in [-0.2, 0) is 16.1 Å². The number of anilines is 2. The molecule has 2 aromatic rings. The predicted octanol–water partition coefficient (Wildman–Crippen LogP) is 2.76. The molecular weight excluding hydrogens is 398 g/mol. The van der Waals surface area contributed by atoms with Crippen LogP contribution in [0.3, 0.4) is 0 Å². The molecular formula is C22H29N5O2S. The Labute approximate surface area is 181 Å². The lowest BCUT2D eigenvalue weighted by Crippen LogP contribution is -2.52. The molecule has 0 aliphatic carbocycles. The Morgan fingerprint density at radius 2 is 2.10 bits per heavy atom. The van der Waals surface area contributed by atoms with Gasteiger partial charge in [-0.25, -0.2) is 0 Å². The Morgan fingerprint density at radius 3 is 2.80 bits per heavy atom. The summed E-state index contributed by atoms with van der Waals surface area (Å²) in [6, 6.07) is 12.2. The molecule has 160 valence electrons. The quantitative estimate of drug-likeness (QED) is 0.567. The number of piperazine rings is 1. The van der Waals surface area contributed by atoms with E-state index in [-0.39, 0.29) is 12.0 Å². The molecule has 7 nitrogen and oxygen atoms in total. The zero-order chi connectivity index (χ0) is 20.8. The highest BCUT2D eigenvalue weighted by Gasteiger charge is 2.23. The lowest BCUT2D eigenvalue weighted by atomic mass is 10.2. The fraction of sp³-hybridized carbons (Fsp3) is 0.455. The van der Waals surface area contributed by atoms with Gasteiger partial charge in [0.25, 0.3) is 5.91 Å². The van der Waals surface area contributed by atoms with Gasteiger partial charge in [0.1, 0.15) is 6.10 Å². The van der Waals surface area contributed by atoms with Crippen LogP contribution in [0.2, 0.25) is 0 Å². The minimum Gasteiger partial charge on any atom is -0.368 e. The first-order chi connectivity index (χ1) is 14.7. The number of carbonyl (C=O) groups is 1. The van der Waals surface area contributed by atoms with E-state index in [4.69, 9.17) is 4.74 Å². The number of nitrogens with zero attached hydrogens (tertiary/aromatic N) is 3. The molecule has 2 aliphatic heterocycles. The summed E-state index contributed by atoms with van der Waals surface area (Å²) in [6.07, 6.45) is 1.42. The van der Waals surface area contributed by atoms with E-state index < -0.39 is 0 Å². The molecule has 0 saturated carbocycles. The Morgan fingerprint density at radius 1 is 1.23 bits per heavy atom. The van der Waals surface area contributed by atoms with Gasteiger partial charge in [-0.15, -0.1) is 11.3 Å². The highest BCUT2D eigenvalue weighted by Crippen LogP contribution is 2.22. The molecule has 3 heterocycles. The summed E-state index contributed by atoms with van der Waals surface area (Å²) in [5, 5.41) is 9.89. The Hall–Kier alpha value is -2.58. The monoisotopic (exact) mass is 427 g/mol. The van der Waals surface area contributed by atoms with E-state index in [1.54, 1.807) is 11.3 Å². The summed E-state index contributed by atoms with van der Waals surface area (Å²) in [6.45, 7) is 5.19. The maximum absolute atomic E-state index is 12.3. The van der Waals surface area contributed by atoms with Gasteiger partial charge < -0.3 is 25.2 Å². The first-order valence-electron chi connectivity index (χ1n) is 10.5. The van der Waals surface area contributed by atoms with E-state index in [0.717, 1.165) is 56.2 Å². The minimum absolute atomic E-state index is 0.0583. The standard InChI is InChI=1S/C22H29N5O2S/c1-23-22(27-11-9-26(10-12-27)20-8-4-14-30-20)24-16-17-5-2-6-18(15-17)25-21(28)19-7-3-13-29-19/h2,4-6,8,14-15,19H,3,7,9-13,16H2,1H3,(H,23,24)(H,25,28). The van der Waals surface area contributed by atoms with Crippen LogP contribution in [0.1, 0.15) is 18.4 Å². The van der Waals surface area contributed by atoms with Gasteiger partial charge in [-0.05, 0) is 48.1 Å². The largest absolute Gasteiger partial charge is 0.368 e. The Kier molecular flexibility index (Phi) is 6.86. The second-order valence-electron chi connectivity index (χ2n) is 7.52. The van der Waals surface area contributed by atoms with Crippen molar-refractivity contribution >= 4 is 33.9 Å². The van der Waals surface area contributed by atoms with Crippen LogP contribution in [0.5, 0.6) is 0 Å². The van der Waals surface area contributed by atoms with E-state index >= 15 is 0 Å². The third-order valence-corrected chi connectivity index (χ3v) is 6.41. The van der Waals surface area contributed by atoms with Crippen molar-refractivity contribution in [2.24, 2.45) is 4.99 Å². The number of nitrogens with one attached hydrogen (secondary N) is 2. The molecule has 1 unspecified atom stereocenters. The molecule has 4 rings (SSSR count). The molecule has 2 aliphatic rings. The highest BCUT2D eigenvalue weighted by atomic mass is 32.1. The van der Waals surface area contributed by atoms with Crippen molar-refractivity contribution < 1.29 is 9.53 Å². The van der Waals surface area contributed by atoms with Gasteiger partial charge >= 0.3 is 0 Å². The van der Waals surface area contributed by atoms with Crippen LogP contribution in [0.15, 0.2) is 46.8 Å². The number of thiophene rings is 1. The van der Waals surface area contributed by atoms with Crippen LogP contribution in [-0.4, -0.2) is 62.7 Å². The van der Waals surface area contributed by atoms with Crippen molar-refractivity contribution in [1.82, 2.24) is 10.2 Å². The van der Waals surface area contributed by atoms with Gasteiger partial charge in [-0.1, -0.05) is 12.1 Å². The van der Waals surface area contributed by atoms with Crippen LogP contribution in [0, 0.1) is 0 Å². The van der Waals surface area contributed by atoms with Crippen molar-refractivity contribution in [2.75, 3.05) is 50.1 Å². The number of rotatable bonds is 5. The fourth-order valence-corrected chi connectivity index (χ4v) is 4.65. The minimum atomic E-state index is -0.321. The maximum Gasteiger partial charge on any atom is 0.253 e. The second-order valence-corrected chi connectivity index (χ2v) is 8.44. The molecule has 0 spiro atoms. The molecule has 2 fully saturated rings. The van der Waals surface area contributed by atoms with Gasteiger partial charge in [-0.2, -0.15) is 0 Å². The zero-order valence-electron chi connectivity index (χ0n) is 17.3. The van der Waals surface area contributed by atoms with Crippen LogP contribution >= 0.6 is 11.3 Å².